The number of carbonyl (C=O) groups is 1. The summed E-state index contributed by atoms with van der Waals surface area (Å²) in [6.45, 7) is 7.07. The Balaban J connectivity index is 2.09. The molecule has 104 valence electrons. The summed E-state index contributed by atoms with van der Waals surface area (Å²) in [5.41, 5.74) is 0.916. The maximum Gasteiger partial charge on any atom is 0.233 e. The van der Waals surface area contributed by atoms with Crippen LogP contribution in [0.3, 0.4) is 0 Å². The molecule has 2 rings (SSSR count). The highest BCUT2D eigenvalue weighted by Gasteiger charge is 2.33. The van der Waals surface area contributed by atoms with Crippen LogP contribution in [0.4, 0.5) is 0 Å². The summed E-state index contributed by atoms with van der Waals surface area (Å²) in [6, 6.07) is 8.17. The number of hydrogen-bond donors (Lipinski definition) is 2. The Morgan fingerprint density at radius 3 is 2.89 bits per heavy atom. The van der Waals surface area contributed by atoms with E-state index < -0.39 is 0 Å². The smallest absolute Gasteiger partial charge is 0.233 e. The number of rotatable bonds is 4. The first kappa shape index (κ1) is 13.9. The number of fused-ring (bicyclic) bond motifs is 1. The summed E-state index contributed by atoms with van der Waals surface area (Å²) < 4.78 is 5.96. The SMILES string of the molecule is CCNC(=O)CNC1CC(C)(C)Oc2ccccc21. The van der Waals surface area contributed by atoms with E-state index in [1.165, 1.54) is 0 Å². The molecule has 1 aliphatic rings. The van der Waals surface area contributed by atoms with Crippen LogP contribution in [0.15, 0.2) is 24.3 Å². The molecular weight excluding hydrogens is 240 g/mol. The Morgan fingerprint density at radius 2 is 2.16 bits per heavy atom. The molecule has 1 aromatic rings. The van der Waals surface area contributed by atoms with Gasteiger partial charge in [0.1, 0.15) is 11.4 Å². The molecule has 1 unspecified atom stereocenters. The van der Waals surface area contributed by atoms with Gasteiger partial charge in [-0.15, -0.1) is 0 Å². The van der Waals surface area contributed by atoms with Gasteiger partial charge in [0.05, 0.1) is 6.54 Å². The van der Waals surface area contributed by atoms with Gasteiger partial charge in [-0.05, 0) is 26.8 Å². The van der Waals surface area contributed by atoms with E-state index in [0.29, 0.717) is 13.1 Å². The van der Waals surface area contributed by atoms with Crippen molar-refractivity contribution in [2.24, 2.45) is 0 Å². The van der Waals surface area contributed by atoms with Crippen LogP contribution in [0, 0.1) is 0 Å². The van der Waals surface area contributed by atoms with E-state index in [1.807, 2.05) is 25.1 Å². The van der Waals surface area contributed by atoms with Crippen molar-refractivity contribution in [3.05, 3.63) is 29.8 Å². The molecule has 1 heterocycles. The summed E-state index contributed by atoms with van der Waals surface area (Å²) in [4.78, 5) is 11.6. The Hall–Kier alpha value is -1.55. The van der Waals surface area contributed by atoms with Crippen molar-refractivity contribution in [1.29, 1.82) is 0 Å². The first-order valence-corrected chi connectivity index (χ1v) is 6.80. The zero-order chi connectivity index (χ0) is 13.9. The van der Waals surface area contributed by atoms with Crippen LogP contribution in [0.1, 0.15) is 38.8 Å². The third-order valence-electron chi connectivity index (χ3n) is 3.26. The molecular formula is C15H22N2O2. The topological polar surface area (TPSA) is 50.4 Å². The standard InChI is InChI=1S/C15H22N2O2/c1-4-16-14(18)10-17-12-9-15(2,3)19-13-8-6-5-7-11(12)13/h5-8,12,17H,4,9-10H2,1-3H3,(H,16,18). The van der Waals surface area contributed by atoms with Gasteiger partial charge in [-0.1, -0.05) is 18.2 Å². The van der Waals surface area contributed by atoms with Crippen LogP contribution in [0.2, 0.25) is 0 Å². The number of hydrogen-bond acceptors (Lipinski definition) is 3. The highest BCUT2D eigenvalue weighted by atomic mass is 16.5. The minimum absolute atomic E-state index is 0.0317. The summed E-state index contributed by atoms with van der Waals surface area (Å²) in [7, 11) is 0. The van der Waals surface area contributed by atoms with Crippen molar-refractivity contribution in [1.82, 2.24) is 10.6 Å². The predicted molar refractivity (Wildman–Crippen MR) is 75.2 cm³/mol. The molecule has 4 heteroatoms. The number of benzene rings is 1. The predicted octanol–water partition coefficient (Wildman–Crippen LogP) is 2.01. The molecule has 0 spiro atoms. The van der Waals surface area contributed by atoms with Gasteiger partial charge in [0.2, 0.25) is 5.91 Å². The molecule has 0 aromatic heterocycles. The maximum absolute atomic E-state index is 11.6. The van der Waals surface area contributed by atoms with Crippen LogP contribution in [-0.2, 0) is 4.79 Å². The minimum atomic E-state index is -0.215. The number of para-hydroxylation sites is 1. The average Bonchev–Trinajstić information content (AvgIpc) is 2.35. The van der Waals surface area contributed by atoms with Gasteiger partial charge in [0, 0.05) is 24.6 Å². The molecule has 1 aromatic carbocycles. The van der Waals surface area contributed by atoms with Crippen molar-refractivity contribution >= 4 is 5.91 Å². The zero-order valence-electron chi connectivity index (χ0n) is 11.8. The van der Waals surface area contributed by atoms with Gasteiger partial charge in [-0.2, -0.15) is 0 Å². The molecule has 1 atom stereocenters. The molecule has 0 saturated carbocycles. The van der Waals surface area contributed by atoms with E-state index >= 15 is 0 Å². The molecule has 0 saturated heterocycles. The monoisotopic (exact) mass is 262 g/mol. The van der Waals surface area contributed by atoms with Crippen molar-refractivity contribution in [2.45, 2.75) is 38.8 Å². The van der Waals surface area contributed by atoms with Gasteiger partial charge < -0.3 is 15.4 Å². The van der Waals surface area contributed by atoms with Crippen LogP contribution in [0.25, 0.3) is 0 Å². The zero-order valence-corrected chi connectivity index (χ0v) is 11.8. The second-order valence-corrected chi connectivity index (χ2v) is 5.49. The number of carbonyl (C=O) groups excluding carboxylic acids is 1. The van der Waals surface area contributed by atoms with E-state index in [9.17, 15) is 4.79 Å². The Bertz CT molecular complexity index is 457. The molecule has 1 aliphatic heterocycles. The average molecular weight is 262 g/mol. The summed E-state index contributed by atoms with van der Waals surface area (Å²) in [5.74, 6) is 0.941. The van der Waals surface area contributed by atoms with E-state index in [2.05, 4.69) is 30.5 Å². The third-order valence-corrected chi connectivity index (χ3v) is 3.26. The van der Waals surface area contributed by atoms with Gasteiger partial charge in [0.15, 0.2) is 0 Å². The maximum atomic E-state index is 11.6. The fraction of sp³-hybridized carbons (Fsp3) is 0.533. The lowest BCUT2D eigenvalue weighted by Gasteiger charge is -2.38. The van der Waals surface area contributed by atoms with E-state index in [4.69, 9.17) is 4.74 Å². The molecule has 0 fully saturated rings. The number of likely N-dealkylation sites (N-methyl/N-ethyl adjacent to an activating group) is 1. The van der Waals surface area contributed by atoms with Crippen molar-refractivity contribution in [2.75, 3.05) is 13.1 Å². The van der Waals surface area contributed by atoms with Crippen LogP contribution < -0.4 is 15.4 Å². The largest absolute Gasteiger partial charge is 0.487 e. The second-order valence-electron chi connectivity index (χ2n) is 5.49. The summed E-state index contributed by atoms with van der Waals surface area (Å²) in [5, 5.41) is 6.12. The summed E-state index contributed by atoms with van der Waals surface area (Å²) in [6.07, 6.45) is 0.851. The van der Waals surface area contributed by atoms with Crippen LogP contribution in [0.5, 0.6) is 5.75 Å². The molecule has 0 radical (unpaired) electrons. The Labute approximate surface area is 114 Å². The molecule has 4 nitrogen and oxygen atoms in total. The lowest BCUT2D eigenvalue weighted by molar-refractivity contribution is -0.120. The van der Waals surface area contributed by atoms with E-state index in [0.717, 1.165) is 17.7 Å². The lowest BCUT2D eigenvalue weighted by atomic mass is 9.90. The Kier molecular flexibility index (Phi) is 4.10. The van der Waals surface area contributed by atoms with Gasteiger partial charge >= 0.3 is 0 Å². The number of nitrogens with one attached hydrogen (secondary N) is 2. The fourth-order valence-electron chi connectivity index (χ4n) is 2.46. The van der Waals surface area contributed by atoms with E-state index in [1.54, 1.807) is 0 Å². The van der Waals surface area contributed by atoms with Crippen LogP contribution in [-0.4, -0.2) is 24.6 Å². The van der Waals surface area contributed by atoms with E-state index in [-0.39, 0.29) is 17.6 Å². The first-order valence-electron chi connectivity index (χ1n) is 6.80. The van der Waals surface area contributed by atoms with Crippen molar-refractivity contribution in [3.8, 4) is 5.75 Å². The fourth-order valence-corrected chi connectivity index (χ4v) is 2.46. The van der Waals surface area contributed by atoms with Gasteiger partial charge in [-0.3, -0.25) is 4.79 Å². The molecule has 1 amide bonds. The number of ether oxygens (including phenoxy) is 1. The van der Waals surface area contributed by atoms with Gasteiger partial charge in [-0.25, -0.2) is 0 Å². The van der Waals surface area contributed by atoms with Crippen molar-refractivity contribution in [3.63, 3.8) is 0 Å². The minimum Gasteiger partial charge on any atom is -0.487 e. The number of amides is 1. The highest BCUT2D eigenvalue weighted by Crippen LogP contribution is 2.38. The quantitative estimate of drug-likeness (QED) is 0.872. The molecule has 19 heavy (non-hydrogen) atoms. The Morgan fingerprint density at radius 1 is 1.42 bits per heavy atom. The van der Waals surface area contributed by atoms with Gasteiger partial charge in [0.25, 0.3) is 0 Å². The highest BCUT2D eigenvalue weighted by molar-refractivity contribution is 5.78. The van der Waals surface area contributed by atoms with Crippen LogP contribution >= 0.6 is 0 Å². The molecule has 0 aliphatic carbocycles. The third kappa shape index (κ3) is 3.47. The van der Waals surface area contributed by atoms with Crippen molar-refractivity contribution < 1.29 is 9.53 Å². The first-order chi connectivity index (χ1) is 9.02. The molecule has 2 N–H and O–H groups in total. The summed E-state index contributed by atoms with van der Waals surface area (Å²) >= 11 is 0. The lowest BCUT2D eigenvalue weighted by Crippen LogP contribution is -2.42. The second kappa shape index (κ2) is 5.61. The molecule has 0 bridgehead atoms. The normalized spacial score (nSPS) is 20.3.